The van der Waals surface area contributed by atoms with Crippen LogP contribution in [0.25, 0.3) is 0 Å². The Balaban J connectivity index is 2.06. The van der Waals surface area contributed by atoms with Gasteiger partial charge in [-0.25, -0.2) is 4.39 Å². The molecule has 2 rings (SSSR count). The van der Waals surface area contributed by atoms with Crippen LogP contribution in [0.2, 0.25) is 0 Å². The molecule has 0 saturated carbocycles. The van der Waals surface area contributed by atoms with Crippen molar-refractivity contribution in [3.05, 3.63) is 71.0 Å². The normalized spacial score (nSPS) is 13.5. The molecule has 0 aliphatic rings. The Labute approximate surface area is 124 Å². The predicted molar refractivity (Wildman–Crippen MR) is 81.1 cm³/mol. The molecule has 0 aliphatic heterocycles. The van der Waals surface area contributed by atoms with Gasteiger partial charge in [0, 0.05) is 0 Å². The number of halogens is 1. The highest BCUT2D eigenvalue weighted by Crippen LogP contribution is 2.18. The van der Waals surface area contributed by atoms with Crippen molar-refractivity contribution in [1.82, 2.24) is 5.32 Å². The number of nitrogens with two attached hydrogens (primary N) is 1. The first-order valence-corrected chi connectivity index (χ1v) is 6.86. The predicted octanol–water partition coefficient (Wildman–Crippen LogP) is 3.01. The lowest BCUT2D eigenvalue weighted by molar-refractivity contribution is -0.123. The van der Waals surface area contributed by atoms with E-state index in [1.165, 1.54) is 6.07 Å². The molecule has 2 atom stereocenters. The van der Waals surface area contributed by atoms with Crippen LogP contribution >= 0.6 is 0 Å². The summed E-state index contributed by atoms with van der Waals surface area (Å²) in [5.74, 6) is -0.560. The highest BCUT2D eigenvalue weighted by molar-refractivity contribution is 5.83. The summed E-state index contributed by atoms with van der Waals surface area (Å²) in [5, 5.41) is 2.81. The SMILES string of the molecule is Cc1ccc(C(C)NC(=O)[C@H](N)c2ccccc2)cc1F. The van der Waals surface area contributed by atoms with Gasteiger partial charge in [-0.2, -0.15) is 0 Å². The van der Waals surface area contributed by atoms with Gasteiger partial charge in [0.25, 0.3) is 0 Å². The Hall–Kier alpha value is -2.20. The first kappa shape index (κ1) is 15.2. The van der Waals surface area contributed by atoms with Crippen LogP contribution in [-0.2, 0) is 4.79 Å². The summed E-state index contributed by atoms with van der Waals surface area (Å²) in [6, 6.07) is 13.1. The van der Waals surface area contributed by atoms with Gasteiger partial charge >= 0.3 is 0 Å². The number of carbonyl (C=O) groups excluding carboxylic acids is 1. The molecule has 0 saturated heterocycles. The van der Waals surface area contributed by atoms with Crippen molar-refractivity contribution in [2.75, 3.05) is 0 Å². The molecule has 0 aromatic heterocycles. The van der Waals surface area contributed by atoms with Gasteiger partial charge in [0.15, 0.2) is 0 Å². The summed E-state index contributed by atoms with van der Waals surface area (Å²) < 4.78 is 13.6. The summed E-state index contributed by atoms with van der Waals surface area (Å²) >= 11 is 0. The highest BCUT2D eigenvalue weighted by atomic mass is 19.1. The van der Waals surface area contributed by atoms with E-state index in [9.17, 15) is 9.18 Å². The van der Waals surface area contributed by atoms with E-state index >= 15 is 0 Å². The van der Waals surface area contributed by atoms with Gasteiger partial charge < -0.3 is 11.1 Å². The number of aryl methyl sites for hydroxylation is 1. The van der Waals surface area contributed by atoms with Gasteiger partial charge in [0.05, 0.1) is 6.04 Å². The third-order valence-corrected chi connectivity index (χ3v) is 3.50. The molecule has 0 spiro atoms. The van der Waals surface area contributed by atoms with Crippen LogP contribution in [0.15, 0.2) is 48.5 Å². The molecule has 21 heavy (non-hydrogen) atoms. The first-order valence-electron chi connectivity index (χ1n) is 6.86. The number of amides is 1. The maximum atomic E-state index is 13.6. The van der Waals surface area contributed by atoms with Crippen molar-refractivity contribution in [3.8, 4) is 0 Å². The van der Waals surface area contributed by atoms with Crippen molar-refractivity contribution >= 4 is 5.91 Å². The van der Waals surface area contributed by atoms with E-state index in [0.29, 0.717) is 11.1 Å². The molecule has 4 heteroatoms. The highest BCUT2D eigenvalue weighted by Gasteiger charge is 2.18. The fourth-order valence-electron chi connectivity index (χ4n) is 2.08. The molecular weight excluding hydrogens is 267 g/mol. The Morgan fingerprint density at radius 1 is 1.14 bits per heavy atom. The molecule has 0 fully saturated rings. The minimum absolute atomic E-state index is 0.277. The Kier molecular flexibility index (Phi) is 4.70. The van der Waals surface area contributed by atoms with Crippen molar-refractivity contribution in [2.24, 2.45) is 5.73 Å². The zero-order chi connectivity index (χ0) is 15.4. The van der Waals surface area contributed by atoms with Crippen LogP contribution in [0.4, 0.5) is 4.39 Å². The second-order valence-corrected chi connectivity index (χ2v) is 5.13. The van der Waals surface area contributed by atoms with Crippen LogP contribution in [0.3, 0.4) is 0 Å². The molecule has 110 valence electrons. The average Bonchev–Trinajstić information content (AvgIpc) is 2.50. The molecule has 0 bridgehead atoms. The smallest absolute Gasteiger partial charge is 0.241 e. The van der Waals surface area contributed by atoms with Crippen LogP contribution in [0.5, 0.6) is 0 Å². The van der Waals surface area contributed by atoms with Crippen LogP contribution < -0.4 is 11.1 Å². The van der Waals surface area contributed by atoms with E-state index in [4.69, 9.17) is 5.73 Å². The zero-order valence-corrected chi connectivity index (χ0v) is 12.1. The summed E-state index contributed by atoms with van der Waals surface area (Å²) in [6.07, 6.45) is 0. The minimum atomic E-state index is -0.732. The lowest BCUT2D eigenvalue weighted by Gasteiger charge is -2.18. The van der Waals surface area contributed by atoms with E-state index in [-0.39, 0.29) is 17.8 Å². The lowest BCUT2D eigenvalue weighted by Crippen LogP contribution is -2.35. The van der Waals surface area contributed by atoms with E-state index < -0.39 is 6.04 Å². The number of nitrogens with one attached hydrogen (secondary N) is 1. The molecule has 0 aliphatic carbocycles. The number of benzene rings is 2. The number of rotatable bonds is 4. The molecular formula is C17H19FN2O. The monoisotopic (exact) mass is 286 g/mol. The van der Waals surface area contributed by atoms with Gasteiger partial charge in [-0.05, 0) is 36.6 Å². The molecule has 1 amide bonds. The van der Waals surface area contributed by atoms with Crippen molar-refractivity contribution in [1.29, 1.82) is 0 Å². The second-order valence-electron chi connectivity index (χ2n) is 5.13. The lowest BCUT2D eigenvalue weighted by atomic mass is 10.0. The minimum Gasteiger partial charge on any atom is -0.348 e. The van der Waals surface area contributed by atoms with E-state index in [1.54, 1.807) is 38.1 Å². The molecule has 0 heterocycles. The van der Waals surface area contributed by atoms with Crippen molar-refractivity contribution in [2.45, 2.75) is 25.9 Å². The topological polar surface area (TPSA) is 55.1 Å². The van der Waals surface area contributed by atoms with E-state index in [1.807, 2.05) is 18.2 Å². The molecule has 1 unspecified atom stereocenters. The maximum Gasteiger partial charge on any atom is 0.241 e. The fourth-order valence-corrected chi connectivity index (χ4v) is 2.08. The summed E-state index contributed by atoms with van der Waals surface area (Å²) in [4.78, 5) is 12.1. The van der Waals surface area contributed by atoms with Gasteiger partial charge in [-0.1, -0.05) is 42.5 Å². The number of hydrogen-bond donors (Lipinski definition) is 2. The van der Waals surface area contributed by atoms with Crippen molar-refractivity contribution in [3.63, 3.8) is 0 Å². The molecule has 3 N–H and O–H groups in total. The Bertz CT molecular complexity index is 628. The first-order chi connectivity index (χ1) is 9.99. The summed E-state index contributed by atoms with van der Waals surface area (Å²) in [5.41, 5.74) is 7.98. The van der Waals surface area contributed by atoms with E-state index in [2.05, 4.69) is 5.32 Å². The average molecular weight is 286 g/mol. The third kappa shape index (κ3) is 3.67. The summed E-state index contributed by atoms with van der Waals surface area (Å²) in [6.45, 7) is 3.51. The second kappa shape index (κ2) is 6.50. The van der Waals surface area contributed by atoms with Gasteiger partial charge in [-0.15, -0.1) is 0 Å². The number of carbonyl (C=O) groups is 1. The fraction of sp³-hybridized carbons (Fsp3) is 0.235. The van der Waals surface area contributed by atoms with Gasteiger partial charge in [-0.3, -0.25) is 4.79 Å². The largest absolute Gasteiger partial charge is 0.348 e. The quantitative estimate of drug-likeness (QED) is 0.907. The molecule has 2 aromatic carbocycles. The maximum absolute atomic E-state index is 13.6. The van der Waals surface area contributed by atoms with Crippen LogP contribution in [0, 0.1) is 12.7 Å². The van der Waals surface area contributed by atoms with Gasteiger partial charge in [0.1, 0.15) is 11.9 Å². The van der Waals surface area contributed by atoms with Crippen LogP contribution in [-0.4, -0.2) is 5.91 Å². The Morgan fingerprint density at radius 2 is 1.81 bits per heavy atom. The number of hydrogen-bond acceptors (Lipinski definition) is 2. The third-order valence-electron chi connectivity index (χ3n) is 3.50. The van der Waals surface area contributed by atoms with Gasteiger partial charge in [0.2, 0.25) is 5.91 Å². The van der Waals surface area contributed by atoms with E-state index in [0.717, 1.165) is 5.56 Å². The molecule has 3 nitrogen and oxygen atoms in total. The van der Waals surface area contributed by atoms with Crippen LogP contribution in [0.1, 0.15) is 35.7 Å². The summed E-state index contributed by atoms with van der Waals surface area (Å²) in [7, 11) is 0. The van der Waals surface area contributed by atoms with Crippen molar-refractivity contribution < 1.29 is 9.18 Å². The zero-order valence-electron chi connectivity index (χ0n) is 12.1. The molecule has 0 radical (unpaired) electrons. The standard InChI is InChI=1S/C17H19FN2O/c1-11-8-9-14(10-15(11)18)12(2)20-17(21)16(19)13-6-4-3-5-7-13/h3-10,12,16H,19H2,1-2H3,(H,20,21)/t12?,16-/m1/s1. The molecule has 2 aromatic rings. The Morgan fingerprint density at radius 3 is 2.43 bits per heavy atom.